The highest BCUT2D eigenvalue weighted by molar-refractivity contribution is 5.90. The van der Waals surface area contributed by atoms with Gasteiger partial charge in [0.1, 0.15) is 18.2 Å². The third-order valence-corrected chi connectivity index (χ3v) is 3.53. The number of nitrogens with two attached hydrogens (primary N) is 1. The zero-order valence-electron chi connectivity index (χ0n) is 12.9. The van der Waals surface area contributed by atoms with Gasteiger partial charge in [-0.05, 0) is 36.8 Å². The fourth-order valence-corrected chi connectivity index (χ4v) is 2.49. The van der Waals surface area contributed by atoms with E-state index < -0.39 is 18.7 Å². The number of halogens is 2. The molecule has 0 fully saturated rings. The number of hydrogen-bond acceptors (Lipinski definition) is 4. The lowest BCUT2D eigenvalue weighted by Crippen LogP contribution is -2.23. The van der Waals surface area contributed by atoms with E-state index >= 15 is 0 Å². The molecule has 24 heavy (non-hydrogen) atoms. The molecule has 3 aromatic rings. The van der Waals surface area contributed by atoms with E-state index in [1.54, 1.807) is 12.1 Å². The van der Waals surface area contributed by atoms with Crippen molar-refractivity contribution in [1.82, 2.24) is 9.55 Å². The highest BCUT2D eigenvalue weighted by Crippen LogP contribution is 2.25. The highest BCUT2D eigenvalue weighted by atomic mass is 19.3. The van der Waals surface area contributed by atoms with Crippen molar-refractivity contribution in [3.8, 4) is 11.4 Å². The molecule has 1 heterocycles. The number of benzene rings is 2. The topological polar surface area (TPSA) is 70.1 Å². The third-order valence-electron chi connectivity index (χ3n) is 3.53. The number of fused-ring (bicyclic) bond motifs is 1. The zero-order valence-corrected chi connectivity index (χ0v) is 12.9. The van der Waals surface area contributed by atoms with E-state index in [9.17, 15) is 13.6 Å². The molecule has 0 aliphatic heterocycles. The van der Waals surface area contributed by atoms with Crippen LogP contribution in [-0.2, 0) is 0 Å². The van der Waals surface area contributed by atoms with E-state index in [0.717, 1.165) is 5.56 Å². The first-order valence-corrected chi connectivity index (χ1v) is 7.26. The van der Waals surface area contributed by atoms with Gasteiger partial charge >= 0.3 is 5.69 Å². The number of rotatable bonds is 4. The van der Waals surface area contributed by atoms with Crippen LogP contribution in [0.2, 0.25) is 0 Å². The van der Waals surface area contributed by atoms with Crippen LogP contribution in [0.25, 0.3) is 16.6 Å². The van der Waals surface area contributed by atoms with Crippen molar-refractivity contribution in [3.05, 3.63) is 58.5 Å². The molecule has 0 saturated carbocycles. The monoisotopic (exact) mass is 331 g/mol. The predicted octanol–water partition coefficient (Wildman–Crippen LogP) is 2.92. The molecule has 0 aliphatic rings. The van der Waals surface area contributed by atoms with Gasteiger partial charge in [0.15, 0.2) is 0 Å². The molecule has 0 amide bonds. The number of aryl methyl sites for hydroxylation is 1. The molecular weight excluding hydrogens is 316 g/mol. The SMILES string of the molecule is Cc1cccc(-n2c(=O)nc(N)c3ccc(OCC(F)F)cc32)c1. The molecule has 124 valence electrons. The Morgan fingerprint density at radius 2 is 2.04 bits per heavy atom. The molecule has 5 nitrogen and oxygen atoms in total. The summed E-state index contributed by atoms with van der Waals surface area (Å²) in [5, 5.41) is 0.542. The molecule has 0 spiro atoms. The summed E-state index contributed by atoms with van der Waals surface area (Å²) in [6.45, 7) is 1.18. The average Bonchev–Trinajstić information content (AvgIpc) is 2.52. The minimum atomic E-state index is -2.58. The largest absolute Gasteiger partial charge is 0.488 e. The lowest BCUT2D eigenvalue weighted by Gasteiger charge is -2.13. The minimum absolute atomic E-state index is 0.0827. The van der Waals surface area contributed by atoms with Gasteiger partial charge in [0.2, 0.25) is 0 Å². The van der Waals surface area contributed by atoms with Crippen LogP contribution in [0.5, 0.6) is 5.75 Å². The summed E-state index contributed by atoms with van der Waals surface area (Å²) in [5.41, 5.74) is 7.31. The second kappa shape index (κ2) is 6.27. The number of aromatic nitrogens is 2. The summed E-state index contributed by atoms with van der Waals surface area (Å²) in [6.07, 6.45) is -2.58. The summed E-state index contributed by atoms with van der Waals surface area (Å²) >= 11 is 0. The second-order valence-electron chi connectivity index (χ2n) is 5.34. The van der Waals surface area contributed by atoms with Gasteiger partial charge in [-0.1, -0.05) is 12.1 Å². The summed E-state index contributed by atoms with van der Waals surface area (Å²) in [5.74, 6) is 0.313. The Labute approximate surface area is 136 Å². The van der Waals surface area contributed by atoms with Crippen LogP contribution in [-0.4, -0.2) is 22.6 Å². The van der Waals surface area contributed by atoms with Crippen LogP contribution in [0.4, 0.5) is 14.6 Å². The Morgan fingerprint density at radius 3 is 2.75 bits per heavy atom. The van der Waals surface area contributed by atoms with Crippen molar-refractivity contribution < 1.29 is 13.5 Å². The normalized spacial score (nSPS) is 11.2. The van der Waals surface area contributed by atoms with Crippen molar-refractivity contribution in [2.75, 3.05) is 12.3 Å². The van der Waals surface area contributed by atoms with Gasteiger partial charge in [0.05, 0.1) is 11.2 Å². The van der Waals surface area contributed by atoms with Crippen molar-refractivity contribution in [2.45, 2.75) is 13.3 Å². The van der Waals surface area contributed by atoms with Crippen LogP contribution in [0.15, 0.2) is 47.3 Å². The predicted molar refractivity (Wildman–Crippen MR) is 88.0 cm³/mol. The first-order chi connectivity index (χ1) is 11.5. The van der Waals surface area contributed by atoms with E-state index in [4.69, 9.17) is 10.5 Å². The average molecular weight is 331 g/mol. The van der Waals surface area contributed by atoms with E-state index in [1.807, 2.05) is 25.1 Å². The van der Waals surface area contributed by atoms with Gasteiger partial charge < -0.3 is 10.5 Å². The number of anilines is 1. The van der Waals surface area contributed by atoms with Gasteiger partial charge in [-0.2, -0.15) is 4.98 Å². The van der Waals surface area contributed by atoms with Crippen molar-refractivity contribution in [3.63, 3.8) is 0 Å². The van der Waals surface area contributed by atoms with Gasteiger partial charge in [-0.25, -0.2) is 13.6 Å². The fourth-order valence-electron chi connectivity index (χ4n) is 2.49. The molecule has 3 rings (SSSR count). The Balaban J connectivity index is 2.23. The fraction of sp³-hybridized carbons (Fsp3) is 0.176. The van der Waals surface area contributed by atoms with Crippen LogP contribution in [0.1, 0.15) is 5.56 Å². The molecule has 2 aromatic carbocycles. The molecule has 0 saturated heterocycles. The zero-order chi connectivity index (χ0) is 17.3. The third kappa shape index (κ3) is 3.05. The molecule has 0 bridgehead atoms. The molecular formula is C17H15F2N3O2. The van der Waals surface area contributed by atoms with Crippen molar-refractivity contribution >= 4 is 16.7 Å². The van der Waals surface area contributed by atoms with E-state index in [0.29, 0.717) is 16.6 Å². The first kappa shape index (κ1) is 15.9. The van der Waals surface area contributed by atoms with Gasteiger partial charge in [-0.3, -0.25) is 4.57 Å². The van der Waals surface area contributed by atoms with E-state index in [1.165, 1.54) is 16.7 Å². The maximum absolute atomic E-state index is 12.4. The Kier molecular flexibility index (Phi) is 4.16. The molecule has 0 aliphatic carbocycles. The van der Waals surface area contributed by atoms with Crippen LogP contribution in [0.3, 0.4) is 0 Å². The molecule has 1 aromatic heterocycles. The number of hydrogen-bond donors (Lipinski definition) is 1. The van der Waals surface area contributed by atoms with Crippen LogP contribution < -0.4 is 16.2 Å². The standard InChI is InChI=1S/C17H15F2N3O2/c1-10-3-2-4-11(7-10)22-14-8-12(24-9-15(18)19)5-6-13(14)16(20)21-17(22)23/h2-8,15H,9H2,1H3,(H2,20,21,23). The second-order valence-corrected chi connectivity index (χ2v) is 5.34. The first-order valence-electron chi connectivity index (χ1n) is 7.26. The maximum atomic E-state index is 12.4. The molecule has 0 unspecified atom stereocenters. The number of nitrogen functional groups attached to an aromatic ring is 1. The summed E-state index contributed by atoms with van der Waals surface area (Å²) < 4.78 is 31.1. The number of ether oxygens (including phenoxy) is 1. The maximum Gasteiger partial charge on any atom is 0.354 e. The summed E-state index contributed by atoms with van der Waals surface area (Å²) in [7, 11) is 0. The van der Waals surface area contributed by atoms with Crippen molar-refractivity contribution in [1.29, 1.82) is 0 Å². The summed E-state index contributed by atoms with van der Waals surface area (Å²) in [6, 6.07) is 11.9. The Bertz CT molecular complexity index is 954. The van der Waals surface area contributed by atoms with Gasteiger partial charge in [0, 0.05) is 11.5 Å². The number of alkyl halides is 2. The van der Waals surface area contributed by atoms with Crippen LogP contribution >= 0.6 is 0 Å². The minimum Gasteiger partial charge on any atom is -0.488 e. The van der Waals surface area contributed by atoms with E-state index in [-0.39, 0.29) is 11.6 Å². The number of nitrogens with zero attached hydrogens (tertiary/aromatic N) is 2. The summed E-state index contributed by atoms with van der Waals surface area (Å²) in [4.78, 5) is 16.2. The molecule has 7 heteroatoms. The smallest absolute Gasteiger partial charge is 0.354 e. The van der Waals surface area contributed by atoms with Gasteiger partial charge in [-0.15, -0.1) is 0 Å². The molecule has 0 atom stereocenters. The van der Waals surface area contributed by atoms with E-state index in [2.05, 4.69) is 4.98 Å². The lowest BCUT2D eigenvalue weighted by atomic mass is 10.2. The Morgan fingerprint density at radius 1 is 1.25 bits per heavy atom. The molecule has 2 N–H and O–H groups in total. The Hall–Kier alpha value is -2.96. The van der Waals surface area contributed by atoms with Crippen molar-refractivity contribution in [2.24, 2.45) is 0 Å². The van der Waals surface area contributed by atoms with Crippen LogP contribution in [0, 0.1) is 6.92 Å². The lowest BCUT2D eigenvalue weighted by molar-refractivity contribution is 0.0819. The highest BCUT2D eigenvalue weighted by Gasteiger charge is 2.12. The van der Waals surface area contributed by atoms with Gasteiger partial charge in [0.25, 0.3) is 6.43 Å². The molecule has 0 radical (unpaired) electrons. The quantitative estimate of drug-likeness (QED) is 0.798.